The molecule has 2 unspecified atom stereocenters. The standard InChI is InChI=1S/C24H24N4O3/c1-31-21-7-3-2-6-20(21)26-24(30)27-13-16-11-18(15-27)23-19(17-5-4-10-25-12-17)8-9-22(29)28(23)14-16/h2-10,12,16,18H,11,13-15H2,1H3,(H,26,30). The second kappa shape index (κ2) is 7.91. The number of fused-ring (bicyclic) bond motifs is 4. The number of hydrogen-bond acceptors (Lipinski definition) is 4. The molecule has 2 bridgehead atoms. The molecule has 5 rings (SSSR count). The lowest BCUT2D eigenvalue weighted by atomic mass is 9.81. The molecule has 0 spiro atoms. The Labute approximate surface area is 180 Å². The van der Waals surface area contributed by atoms with Gasteiger partial charge < -0.3 is 19.5 Å². The molecule has 1 aromatic carbocycles. The first kappa shape index (κ1) is 19.4. The monoisotopic (exact) mass is 416 g/mol. The van der Waals surface area contributed by atoms with E-state index >= 15 is 0 Å². The van der Waals surface area contributed by atoms with Gasteiger partial charge in [-0.25, -0.2) is 4.79 Å². The fourth-order valence-corrected chi connectivity index (χ4v) is 4.89. The first-order chi connectivity index (χ1) is 15.1. The number of piperidine rings is 1. The van der Waals surface area contributed by atoms with Crippen LogP contribution in [0.1, 0.15) is 18.0 Å². The lowest BCUT2D eigenvalue weighted by Gasteiger charge is -2.43. The number of methoxy groups -OCH3 is 1. The minimum absolute atomic E-state index is 0.0178. The second-order valence-electron chi connectivity index (χ2n) is 8.16. The molecule has 2 amide bonds. The van der Waals surface area contributed by atoms with Crippen molar-refractivity contribution in [3.8, 4) is 16.9 Å². The highest BCUT2D eigenvalue weighted by molar-refractivity contribution is 5.91. The zero-order chi connectivity index (χ0) is 21.4. The predicted molar refractivity (Wildman–Crippen MR) is 118 cm³/mol. The molecule has 1 saturated heterocycles. The molecule has 4 heterocycles. The van der Waals surface area contributed by atoms with Crippen molar-refractivity contribution in [3.05, 3.63) is 77.0 Å². The third kappa shape index (κ3) is 3.56. The highest BCUT2D eigenvalue weighted by Crippen LogP contribution is 2.40. The van der Waals surface area contributed by atoms with Gasteiger partial charge in [0, 0.05) is 60.8 Å². The van der Waals surface area contributed by atoms with Crippen LogP contribution >= 0.6 is 0 Å². The summed E-state index contributed by atoms with van der Waals surface area (Å²) < 4.78 is 7.25. The van der Waals surface area contributed by atoms with Crippen LogP contribution in [0.4, 0.5) is 10.5 Å². The number of amides is 2. The largest absolute Gasteiger partial charge is 0.495 e. The highest BCUT2D eigenvalue weighted by Gasteiger charge is 2.38. The number of nitrogens with zero attached hydrogens (tertiary/aromatic N) is 3. The molecule has 0 saturated carbocycles. The summed E-state index contributed by atoms with van der Waals surface area (Å²) >= 11 is 0. The highest BCUT2D eigenvalue weighted by atomic mass is 16.5. The van der Waals surface area contributed by atoms with E-state index in [1.54, 1.807) is 19.4 Å². The van der Waals surface area contributed by atoms with E-state index in [4.69, 9.17) is 4.74 Å². The van der Waals surface area contributed by atoms with E-state index in [1.165, 1.54) is 0 Å². The fourth-order valence-electron chi connectivity index (χ4n) is 4.89. The van der Waals surface area contributed by atoms with Crippen molar-refractivity contribution in [3.63, 3.8) is 0 Å². The van der Waals surface area contributed by atoms with E-state index < -0.39 is 0 Å². The molecular formula is C24H24N4O3. The van der Waals surface area contributed by atoms with Crippen LogP contribution in [0.5, 0.6) is 5.75 Å². The number of nitrogens with one attached hydrogen (secondary N) is 1. The van der Waals surface area contributed by atoms with E-state index in [0.717, 1.165) is 23.2 Å². The normalized spacial score (nSPS) is 19.5. The average Bonchev–Trinajstić information content (AvgIpc) is 2.80. The van der Waals surface area contributed by atoms with E-state index in [9.17, 15) is 9.59 Å². The summed E-state index contributed by atoms with van der Waals surface area (Å²) in [6.07, 6.45) is 4.53. The van der Waals surface area contributed by atoms with Gasteiger partial charge in [-0.2, -0.15) is 0 Å². The third-order valence-electron chi connectivity index (χ3n) is 6.20. The number of carbonyl (C=O) groups excluding carboxylic acids is 1. The number of ether oxygens (including phenoxy) is 1. The molecule has 7 heteroatoms. The zero-order valence-corrected chi connectivity index (χ0v) is 17.3. The van der Waals surface area contributed by atoms with Crippen molar-refractivity contribution >= 4 is 11.7 Å². The van der Waals surface area contributed by atoms with Crippen LogP contribution in [-0.4, -0.2) is 40.7 Å². The van der Waals surface area contributed by atoms with Gasteiger partial charge in [-0.15, -0.1) is 0 Å². The molecule has 31 heavy (non-hydrogen) atoms. The Kier molecular flexibility index (Phi) is 4.94. The SMILES string of the molecule is COc1ccccc1NC(=O)N1CC2CC(C1)c1c(-c3cccnc3)ccc(=O)n1C2. The zero-order valence-electron chi connectivity index (χ0n) is 17.3. The third-order valence-corrected chi connectivity index (χ3v) is 6.20. The molecule has 158 valence electrons. The first-order valence-electron chi connectivity index (χ1n) is 10.5. The van der Waals surface area contributed by atoms with Crippen LogP contribution in [-0.2, 0) is 6.54 Å². The van der Waals surface area contributed by atoms with Gasteiger partial charge in [0.05, 0.1) is 12.8 Å². The van der Waals surface area contributed by atoms with Gasteiger partial charge in [-0.05, 0) is 36.6 Å². The molecule has 1 N–H and O–H groups in total. The first-order valence-corrected chi connectivity index (χ1v) is 10.5. The smallest absolute Gasteiger partial charge is 0.321 e. The fraction of sp³-hybridized carbons (Fsp3) is 0.292. The molecule has 0 aliphatic carbocycles. The van der Waals surface area contributed by atoms with Crippen LogP contribution in [0, 0.1) is 5.92 Å². The van der Waals surface area contributed by atoms with Gasteiger partial charge in [-0.3, -0.25) is 9.78 Å². The van der Waals surface area contributed by atoms with Crippen molar-refractivity contribution in [2.45, 2.75) is 18.9 Å². The summed E-state index contributed by atoms with van der Waals surface area (Å²) in [5.41, 5.74) is 3.68. The maximum atomic E-state index is 13.1. The summed E-state index contributed by atoms with van der Waals surface area (Å²) in [7, 11) is 1.59. The number of carbonyl (C=O) groups is 1. The summed E-state index contributed by atoms with van der Waals surface area (Å²) in [5.74, 6) is 0.973. The van der Waals surface area contributed by atoms with Gasteiger partial charge in [0.25, 0.3) is 5.56 Å². The Morgan fingerprint density at radius 3 is 2.77 bits per heavy atom. The summed E-state index contributed by atoms with van der Waals surface area (Å²) in [5, 5.41) is 2.99. The van der Waals surface area contributed by atoms with Crippen LogP contribution in [0.2, 0.25) is 0 Å². The number of benzene rings is 1. The van der Waals surface area contributed by atoms with Crippen molar-refractivity contribution in [1.29, 1.82) is 0 Å². The van der Waals surface area contributed by atoms with Crippen LogP contribution in [0.25, 0.3) is 11.1 Å². The van der Waals surface area contributed by atoms with E-state index in [1.807, 2.05) is 58.1 Å². The molecular weight excluding hydrogens is 392 g/mol. The number of rotatable bonds is 3. The van der Waals surface area contributed by atoms with Gasteiger partial charge >= 0.3 is 6.03 Å². The summed E-state index contributed by atoms with van der Waals surface area (Å²) in [6, 6.07) is 14.7. The molecule has 7 nitrogen and oxygen atoms in total. The number of aromatic nitrogens is 2. The Morgan fingerprint density at radius 1 is 1.10 bits per heavy atom. The molecule has 2 aromatic heterocycles. The molecule has 1 fully saturated rings. The minimum atomic E-state index is -0.145. The van der Waals surface area contributed by atoms with Crippen LogP contribution in [0.3, 0.4) is 0 Å². The van der Waals surface area contributed by atoms with Crippen molar-refractivity contribution in [2.75, 3.05) is 25.5 Å². The lowest BCUT2D eigenvalue weighted by Crippen LogP contribution is -2.50. The van der Waals surface area contributed by atoms with E-state index in [2.05, 4.69) is 10.3 Å². The number of hydrogen-bond donors (Lipinski definition) is 1. The van der Waals surface area contributed by atoms with E-state index in [-0.39, 0.29) is 23.4 Å². The summed E-state index contributed by atoms with van der Waals surface area (Å²) in [4.78, 5) is 31.8. The molecule has 2 atom stereocenters. The van der Waals surface area contributed by atoms with Gasteiger partial charge in [-0.1, -0.05) is 18.2 Å². The summed E-state index contributed by atoms with van der Waals surface area (Å²) in [6.45, 7) is 1.81. The predicted octanol–water partition coefficient (Wildman–Crippen LogP) is 3.57. The quantitative estimate of drug-likeness (QED) is 0.708. The molecule has 2 aliphatic heterocycles. The van der Waals surface area contributed by atoms with Gasteiger partial charge in [0.1, 0.15) is 5.75 Å². The molecule has 3 aromatic rings. The van der Waals surface area contributed by atoms with Crippen molar-refractivity contribution < 1.29 is 9.53 Å². The molecule has 2 aliphatic rings. The van der Waals surface area contributed by atoms with Crippen LogP contribution in [0.15, 0.2) is 65.7 Å². The Balaban J connectivity index is 1.46. The number of anilines is 1. The van der Waals surface area contributed by atoms with Gasteiger partial charge in [0.15, 0.2) is 0 Å². The van der Waals surface area contributed by atoms with Crippen molar-refractivity contribution in [2.24, 2.45) is 5.92 Å². The minimum Gasteiger partial charge on any atom is -0.495 e. The number of likely N-dealkylation sites (tertiary alicyclic amines) is 1. The van der Waals surface area contributed by atoms with E-state index in [0.29, 0.717) is 31.1 Å². The number of para-hydroxylation sites is 2. The van der Waals surface area contributed by atoms with Crippen LogP contribution < -0.4 is 15.6 Å². The maximum absolute atomic E-state index is 13.1. The lowest BCUT2D eigenvalue weighted by molar-refractivity contribution is 0.140. The Bertz CT molecular complexity index is 1170. The Hall–Kier alpha value is -3.61. The Morgan fingerprint density at radius 2 is 1.97 bits per heavy atom. The average molecular weight is 416 g/mol. The topological polar surface area (TPSA) is 76.5 Å². The van der Waals surface area contributed by atoms with Gasteiger partial charge in [0.2, 0.25) is 0 Å². The van der Waals surface area contributed by atoms with Crippen molar-refractivity contribution in [1.82, 2.24) is 14.5 Å². The molecule has 0 radical (unpaired) electrons. The number of pyridine rings is 2. The maximum Gasteiger partial charge on any atom is 0.321 e. The second-order valence-corrected chi connectivity index (χ2v) is 8.16. The number of urea groups is 1.